The van der Waals surface area contributed by atoms with Gasteiger partial charge in [-0.2, -0.15) is 0 Å². The molecule has 0 unspecified atom stereocenters. The number of methoxy groups -OCH3 is 1. The van der Waals surface area contributed by atoms with E-state index < -0.39 is 11.7 Å². The zero-order valence-electron chi connectivity index (χ0n) is 16.4. The third-order valence-corrected chi connectivity index (χ3v) is 5.63. The average molecular weight is 397 g/mol. The van der Waals surface area contributed by atoms with E-state index in [9.17, 15) is 14.0 Å². The van der Waals surface area contributed by atoms with Gasteiger partial charge in [0.1, 0.15) is 11.6 Å². The monoisotopic (exact) mass is 397 g/mol. The first-order chi connectivity index (χ1) is 14.1. The highest BCUT2D eigenvalue weighted by Gasteiger charge is 2.38. The minimum absolute atomic E-state index is 0.0307. The van der Waals surface area contributed by atoms with Gasteiger partial charge in [0.2, 0.25) is 11.8 Å². The molecule has 1 atom stereocenters. The van der Waals surface area contributed by atoms with Crippen molar-refractivity contribution < 1.29 is 18.7 Å². The smallest absolute Gasteiger partial charge is 0.228 e. The van der Waals surface area contributed by atoms with Gasteiger partial charge in [0.25, 0.3) is 0 Å². The Bertz CT molecular complexity index is 912. The Morgan fingerprint density at radius 1 is 1.00 bits per heavy atom. The number of hydrogen-bond acceptors (Lipinski definition) is 4. The maximum atomic E-state index is 14.1. The van der Waals surface area contributed by atoms with Crippen molar-refractivity contribution >= 4 is 23.2 Å². The molecule has 0 aliphatic carbocycles. The second-order valence-corrected chi connectivity index (χ2v) is 7.34. The number of para-hydroxylation sites is 3. The Labute approximate surface area is 169 Å². The number of halogens is 1. The number of benzene rings is 2. The number of anilines is 2. The quantitative estimate of drug-likeness (QED) is 0.796. The molecule has 2 aliphatic heterocycles. The second-order valence-electron chi connectivity index (χ2n) is 7.34. The largest absolute Gasteiger partial charge is 0.495 e. The lowest BCUT2D eigenvalue weighted by atomic mass is 10.1. The van der Waals surface area contributed by atoms with Gasteiger partial charge in [0, 0.05) is 39.1 Å². The fraction of sp³-hybridized carbons (Fsp3) is 0.364. The Hall–Kier alpha value is -3.09. The third-order valence-electron chi connectivity index (χ3n) is 5.63. The van der Waals surface area contributed by atoms with Crippen LogP contribution in [0.2, 0.25) is 0 Å². The van der Waals surface area contributed by atoms with Gasteiger partial charge < -0.3 is 19.4 Å². The van der Waals surface area contributed by atoms with E-state index in [0.717, 1.165) is 11.4 Å². The fourth-order valence-electron chi connectivity index (χ4n) is 4.09. The van der Waals surface area contributed by atoms with Crippen LogP contribution in [0.25, 0.3) is 0 Å². The van der Waals surface area contributed by atoms with Gasteiger partial charge in [0.15, 0.2) is 0 Å². The topological polar surface area (TPSA) is 53.1 Å². The van der Waals surface area contributed by atoms with Crippen molar-refractivity contribution in [3.8, 4) is 5.75 Å². The predicted molar refractivity (Wildman–Crippen MR) is 109 cm³/mol. The van der Waals surface area contributed by atoms with Crippen molar-refractivity contribution in [1.82, 2.24) is 4.90 Å². The Morgan fingerprint density at radius 2 is 1.66 bits per heavy atom. The molecule has 0 spiro atoms. The van der Waals surface area contributed by atoms with Crippen LogP contribution >= 0.6 is 0 Å². The summed E-state index contributed by atoms with van der Waals surface area (Å²) in [5.74, 6) is -0.300. The molecule has 152 valence electrons. The van der Waals surface area contributed by atoms with Gasteiger partial charge in [-0.25, -0.2) is 4.39 Å². The molecule has 0 aromatic heterocycles. The molecule has 0 N–H and O–H groups in total. The van der Waals surface area contributed by atoms with Crippen LogP contribution in [0.1, 0.15) is 6.42 Å². The maximum absolute atomic E-state index is 14.1. The van der Waals surface area contributed by atoms with Crippen molar-refractivity contribution in [3.05, 3.63) is 54.3 Å². The summed E-state index contributed by atoms with van der Waals surface area (Å²) in [5.41, 5.74) is 1.26. The van der Waals surface area contributed by atoms with Gasteiger partial charge in [-0.05, 0) is 24.3 Å². The van der Waals surface area contributed by atoms with E-state index in [4.69, 9.17) is 4.74 Å². The van der Waals surface area contributed by atoms with E-state index in [1.807, 2.05) is 29.2 Å². The number of amides is 2. The van der Waals surface area contributed by atoms with Crippen LogP contribution in [-0.4, -0.2) is 56.5 Å². The van der Waals surface area contributed by atoms with Crippen LogP contribution in [0, 0.1) is 11.7 Å². The molecular formula is C22H24FN3O3. The first-order valence-electron chi connectivity index (χ1n) is 9.80. The molecular weight excluding hydrogens is 373 g/mol. The van der Waals surface area contributed by atoms with E-state index in [-0.39, 0.29) is 30.5 Å². The molecule has 4 rings (SSSR count). The standard InChI is InChI=1S/C22H24FN3O3/c1-29-20-9-5-4-8-19(20)24-10-12-25(13-11-24)22(28)16-14-21(27)26(15-16)18-7-3-2-6-17(18)23/h2-9,16H,10-15H2,1H3/t16-/m1/s1. The van der Waals surface area contributed by atoms with E-state index in [0.29, 0.717) is 26.2 Å². The number of rotatable bonds is 4. The highest BCUT2D eigenvalue weighted by Crippen LogP contribution is 2.30. The Morgan fingerprint density at radius 3 is 2.34 bits per heavy atom. The Balaban J connectivity index is 1.39. The predicted octanol–water partition coefficient (Wildman–Crippen LogP) is 2.54. The molecule has 0 saturated carbocycles. The van der Waals surface area contributed by atoms with E-state index in [2.05, 4.69) is 4.90 Å². The molecule has 7 heteroatoms. The maximum Gasteiger partial charge on any atom is 0.228 e. The number of carbonyl (C=O) groups excluding carboxylic acids is 2. The molecule has 2 aliphatic rings. The summed E-state index contributed by atoms with van der Waals surface area (Å²) >= 11 is 0. The lowest BCUT2D eigenvalue weighted by Crippen LogP contribution is -2.50. The van der Waals surface area contributed by atoms with Crippen molar-refractivity contribution in [2.75, 3.05) is 49.6 Å². The van der Waals surface area contributed by atoms with Gasteiger partial charge in [-0.15, -0.1) is 0 Å². The number of ether oxygens (including phenoxy) is 1. The lowest BCUT2D eigenvalue weighted by Gasteiger charge is -2.37. The van der Waals surface area contributed by atoms with Gasteiger partial charge in [0.05, 0.1) is 24.4 Å². The number of carbonyl (C=O) groups is 2. The summed E-state index contributed by atoms with van der Waals surface area (Å²) in [7, 11) is 1.65. The van der Waals surface area contributed by atoms with Crippen LogP contribution in [0.5, 0.6) is 5.75 Å². The number of piperazine rings is 1. The van der Waals surface area contributed by atoms with Crippen LogP contribution in [0.15, 0.2) is 48.5 Å². The zero-order chi connectivity index (χ0) is 20.4. The number of hydrogen-bond donors (Lipinski definition) is 0. The molecule has 6 nitrogen and oxygen atoms in total. The molecule has 2 fully saturated rings. The van der Waals surface area contributed by atoms with Crippen LogP contribution < -0.4 is 14.5 Å². The summed E-state index contributed by atoms with van der Waals surface area (Å²) in [5, 5.41) is 0. The normalized spacial score (nSPS) is 19.6. The van der Waals surface area contributed by atoms with Crippen molar-refractivity contribution in [2.24, 2.45) is 5.92 Å². The van der Waals surface area contributed by atoms with Crippen LogP contribution in [0.3, 0.4) is 0 Å². The SMILES string of the molecule is COc1ccccc1N1CCN(C(=O)[C@@H]2CC(=O)N(c3ccccc3F)C2)CC1. The fourth-order valence-corrected chi connectivity index (χ4v) is 4.09. The van der Waals surface area contributed by atoms with Crippen molar-refractivity contribution in [2.45, 2.75) is 6.42 Å². The first-order valence-corrected chi connectivity index (χ1v) is 9.80. The lowest BCUT2D eigenvalue weighted by molar-refractivity contribution is -0.136. The number of nitrogens with zero attached hydrogens (tertiary/aromatic N) is 3. The van der Waals surface area contributed by atoms with E-state index in [1.165, 1.54) is 11.0 Å². The third kappa shape index (κ3) is 3.77. The van der Waals surface area contributed by atoms with E-state index >= 15 is 0 Å². The van der Waals surface area contributed by atoms with Gasteiger partial charge in [-0.3, -0.25) is 9.59 Å². The summed E-state index contributed by atoms with van der Waals surface area (Å²) in [6.07, 6.45) is 0.125. The minimum atomic E-state index is -0.445. The van der Waals surface area contributed by atoms with Crippen LogP contribution in [0.4, 0.5) is 15.8 Å². The molecule has 2 aromatic carbocycles. The zero-order valence-corrected chi connectivity index (χ0v) is 16.4. The summed E-state index contributed by atoms with van der Waals surface area (Å²) in [4.78, 5) is 30.8. The molecule has 2 saturated heterocycles. The summed E-state index contributed by atoms with van der Waals surface area (Å²) < 4.78 is 19.5. The minimum Gasteiger partial charge on any atom is -0.495 e. The first kappa shape index (κ1) is 19.2. The van der Waals surface area contributed by atoms with Crippen molar-refractivity contribution in [1.29, 1.82) is 0 Å². The average Bonchev–Trinajstić information content (AvgIpc) is 3.15. The highest BCUT2D eigenvalue weighted by molar-refractivity contribution is 6.00. The van der Waals surface area contributed by atoms with Crippen molar-refractivity contribution in [3.63, 3.8) is 0 Å². The Kier molecular flexibility index (Phi) is 5.38. The van der Waals surface area contributed by atoms with E-state index in [1.54, 1.807) is 25.3 Å². The van der Waals surface area contributed by atoms with Gasteiger partial charge >= 0.3 is 0 Å². The summed E-state index contributed by atoms with van der Waals surface area (Å²) in [6.45, 7) is 2.79. The molecule has 0 bridgehead atoms. The molecule has 0 radical (unpaired) electrons. The highest BCUT2D eigenvalue weighted by atomic mass is 19.1. The van der Waals surface area contributed by atoms with Crippen LogP contribution in [-0.2, 0) is 9.59 Å². The molecule has 2 amide bonds. The molecule has 29 heavy (non-hydrogen) atoms. The second kappa shape index (κ2) is 8.11. The molecule has 2 heterocycles. The van der Waals surface area contributed by atoms with Gasteiger partial charge in [-0.1, -0.05) is 24.3 Å². The molecule has 2 aromatic rings. The summed E-state index contributed by atoms with van der Waals surface area (Å²) in [6, 6.07) is 14.0.